The highest BCUT2D eigenvalue weighted by Crippen LogP contribution is 2.33. The second-order valence-electron chi connectivity index (χ2n) is 5.07. The van der Waals surface area contributed by atoms with Crippen molar-refractivity contribution < 1.29 is 9.31 Å². The van der Waals surface area contributed by atoms with Crippen LogP contribution in [0.25, 0.3) is 0 Å². The SMILES string of the molecule is Cc1cccc(Nc2ncnc(Nc3ccccc3F)c2[N+](=O)[O-])n1. The number of hydrogen-bond donors (Lipinski definition) is 2. The summed E-state index contributed by atoms with van der Waals surface area (Å²) in [6, 6.07) is 11.0. The smallest absolute Gasteiger partial charge is 0.332 e. The van der Waals surface area contributed by atoms with Crippen molar-refractivity contribution in [3.05, 3.63) is 70.4 Å². The van der Waals surface area contributed by atoms with E-state index in [1.165, 1.54) is 18.2 Å². The maximum absolute atomic E-state index is 13.8. The standard InChI is InChI=1S/C16H13FN6O2/c1-10-5-4-8-13(20-10)22-16-14(23(24)25)15(18-9-19-16)21-12-7-3-2-6-11(12)17/h2-9H,1H3,(H2,18,19,20,21,22). The zero-order valence-corrected chi connectivity index (χ0v) is 13.1. The zero-order chi connectivity index (χ0) is 17.8. The number of rotatable bonds is 5. The third kappa shape index (κ3) is 3.66. The molecule has 25 heavy (non-hydrogen) atoms. The summed E-state index contributed by atoms with van der Waals surface area (Å²) in [4.78, 5) is 22.9. The Balaban J connectivity index is 2.00. The summed E-state index contributed by atoms with van der Waals surface area (Å²) in [5.74, 6) is -0.318. The number of nitro groups is 1. The van der Waals surface area contributed by atoms with Gasteiger partial charge in [0.2, 0.25) is 11.6 Å². The number of benzene rings is 1. The van der Waals surface area contributed by atoms with Gasteiger partial charge in [0.15, 0.2) is 0 Å². The van der Waals surface area contributed by atoms with Crippen LogP contribution in [-0.4, -0.2) is 19.9 Å². The van der Waals surface area contributed by atoms with Gasteiger partial charge < -0.3 is 10.6 Å². The molecule has 2 N–H and O–H groups in total. The van der Waals surface area contributed by atoms with Gasteiger partial charge in [0.25, 0.3) is 0 Å². The Morgan fingerprint density at radius 2 is 1.76 bits per heavy atom. The van der Waals surface area contributed by atoms with Crippen molar-refractivity contribution in [1.29, 1.82) is 0 Å². The summed E-state index contributed by atoms with van der Waals surface area (Å²) < 4.78 is 13.8. The minimum Gasteiger partial charge on any atom is -0.332 e. The number of aromatic nitrogens is 3. The van der Waals surface area contributed by atoms with Gasteiger partial charge in [0.05, 0.1) is 10.6 Å². The van der Waals surface area contributed by atoms with Crippen LogP contribution in [-0.2, 0) is 0 Å². The summed E-state index contributed by atoms with van der Waals surface area (Å²) in [6.45, 7) is 1.80. The molecule has 0 amide bonds. The average Bonchev–Trinajstić information content (AvgIpc) is 2.57. The highest BCUT2D eigenvalue weighted by molar-refractivity contribution is 5.76. The predicted molar refractivity (Wildman–Crippen MR) is 90.6 cm³/mol. The average molecular weight is 340 g/mol. The third-order valence-electron chi connectivity index (χ3n) is 3.27. The second kappa shape index (κ2) is 6.87. The first-order valence-corrected chi connectivity index (χ1v) is 7.26. The van der Waals surface area contributed by atoms with Crippen LogP contribution >= 0.6 is 0 Å². The first-order valence-electron chi connectivity index (χ1n) is 7.26. The van der Waals surface area contributed by atoms with E-state index in [2.05, 4.69) is 25.6 Å². The third-order valence-corrected chi connectivity index (χ3v) is 3.27. The fourth-order valence-electron chi connectivity index (χ4n) is 2.16. The molecule has 0 spiro atoms. The van der Waals surface area contributed by atoms with Crippen molar-refractivity contribution in [2.75, 3.05) is 10.6 Å². The Morgan fingerprint density at radius 1 is 1.04 bits per heavy atom. The van der Waals surface area contributed by atoms with E-state index in [0.717, 1.165) is 12.0 Å². The molecule has 0 aliphatic heterocycles. The highest BCUT2D eigenvalue weighted by Gasteiger charge is 2.24. The molecule has 0 bridgehead atoms. The summed E-state index contributed by atoms with van der Waals surface area (Å²) >= 11 is 0. The van der Waals surface area contributed by atoms with Gasteiger partial charge in [-0.3, -0.25) is 10.1 Å². The first-order chi connectivity index (χ1) is 12.0. The molecule has 3 aromatic rings. The number of aryl methyl sites for hydroxylation is 1. The van der Waals surface area contributed by atoms with E-state index in [1.54, 1.807) is 31.2 Å². The highest BCUT2D eigenvalue weighted by atomic mass is 19.1. The largest absolute Gasteiger partial charge is 0.353 e. The molecule has 0 radical (unpaired) electrons. The van der Waals surface area contributed by atoms with E-state index in [4.69, 9.17) is 0 Å². The Morgan fingerprint density at radius 3 is 2.44 bits per heavy atom. The van der Waals surface area contributed by atoms with Crippen molar-refractivity contribution in [2.45, 2.75) is 6.92 Å². The van der Waals surface area contributed by atoms with Gasteiger partial charge in [0.1, 0.15) is 18.0 Å². The molecule has 2 heterocycles. The molecule has 1 aromatic carbocycles. The minimum atomic E-state index is -0.638. The molecule has 0 saturated carbocycles. The fourth-order valence-corrected chi connectivity index (χ4v) is 2.16. The Kier molecular flexibility index (Phi) is 4.46. The summed E-state index contributed by atoms with van der Waals surface area (Å²) in [6.07, 6.45) is 1.15. The lowest BCUT2D eigenvalue weighted by Gasteiger charge is -2.10. The van der Waals surface area contributed by atoms with Crippen LogP contribution in [0.15, 0.2) is 48.8 Å². The molecule has 9 heteroatoms. The van der Waals surface area contributed by atoms with Gasteiger partial charge in [-0.25, -0.2) is 19.3 Å². The van der Waals surface area contributed by atoms with Crippen LogP contribution in [0.4, 0.5) is 33.2 Å². The second-order valence-corrected chi connectivity index (χ2v) is 5.07. The van der Waals surface area contributed by atoms with Crippen LogP contribution in [0.2, 0.25) is 0 Å². The van der Waals surface area contributed by atoms with Crippen molar-refractivity contribution in [3.63, 3.8) is 0 Å². The normalized spacial score (nSPS) is 10.3. The lowest BCUT2D eigenvalue weighted by molar-refractivity contribution is -0.383. The van der Waals surface area contributed by atoms with E-state index in [0.29, 0.717) is 5.82 Å². The number of hydrogen-bond acceptors (Lipinski definition) is 7. The summed E-state index contributed by atoms with van der Waals surface area (Å²) in [7, 11) is 0. The molecule has 0 aliphatic carbocycles. The number of nitrogens with one attached hydrogen (secondary N) is 2. The van der Waals surface area contributed by atoms with E-state index in [-0.39, 0.29) is 17.3 Å². The first kappa shape index (κ1) is 16.2. The maximum Gasteiger partial charge on any atom is 0.353 e. The van der Waals surface area contributed by atoms with Crippen molar-refractivity contribution in [2.24, 2.45) is 0 Å². The van der Waals surface area contributed by atoms with Gasteiger partial charge in [-0.1, -0.05) is 18.2 Å². The topological polar surface area (TPSA) is 106 Å². The Bertz CT molecular complexity index is 934. The lowest BCUT2D eigenvalue weighted by Crippen LogP contribution is -2.06. The molecule has 8 nitrogen and oxygen atoms in total. The Hall–Kier alpha value is -3.62. The van der Waals surface area contributed by atoms with Gasteiger partial charge in [-0.05, 0) is 31.2 Å². The van der Waals surface area contributed by atoms with Crippen LogP contribution in [0, 0.1) is 22.9 Å². The van der Waals surface area contributed by atoms with Gasteiger partial charge in [0, 0.05) is 5.69 Å². The zero-order valence-electron chi connectivity index (χ0n) is 13.1. The van der Waals surface area contributed by atoms with Crippen molar-refractivity contribution in [3.8, 4) is 0 Å². The van der Waals surface area contributed by atoms with Crippen LogP contribution in [0.5, 0.6) is 0 Å². The monoisotopic (exact) mass is 340 g/mol. The molecule has 126 valence electrons. The van der Waals surface area contributed by atoms with E-state index >= 15 is 0 Å². The van der Waals surface area contributed by atoms with Crippen LogP contribution < -0.4 is 10.6 Å². The molecule has 3 rings (SSSR count). The lowest BCUT2D eigenvalue weighted by atomic mass is 10.3. The quantitative estimate of drug-likeness (QED) is 0.538. The number of halogens is 1. The molecule has 0 saturated heterocycles. The maximum atomic E-state index is 13.8. The number of para-hydroxylation sites is 1. The van der Waals surface area contributed by atoms with Crippen molar-refractivity contribution >= 4 is 28.8 Å². The van der Waals surface area contributed by atoms with Crippen LogP contribution in [0.3, 0.4) is 0 Å². The minimum absolute atomic E-state index is 0.0445. The van der Waals surface area contributed by atoms with Crippen molar-refractivity contribution in [1.82, 2.24) is 15.0 Å². The molecule has 0 unspecified atom stereocenters. The van der Waals surface area contributed by atoms with E-state index < -0.39 is 16.4 Å². The Labute approximate surface area is 141 Å². The van der Waals surface area contributed by atoms with E-state index in [9.17, 15) is 14.5 Å². The van der Waals surface area contributed by atoms with E-state index in [1.807, 2.05) is 0 Å². The van der Waals surface area contributed by atoms with Crippen LogP contribution in [0.1, 0.15) is 5.69 Å². The summed E-state index contributed by atoms with van der Waals surface area (Å²) in [5, 5.41) is 16.9. The summed E-state index contributed by atoms with van der Waals surface area (Å²) in [5.41, 5.74) is 0.407. The van der Waals surface area contributed by atoms with Gasteiger partial charge >= 0.3 is 5.69 Å². The molecular weight excluding hydrogens is 327 g/mol. The molecule has 0 aliphatic rings. The predicted octanol–water partition coefficient (Wildman–Crippen LogP) is 3.71. The van der Waals surface area contributed by atoms with Gasteiger partial charge in [-0.15, -0.1) is 0 Å². The number of pyridine rings is 1. The number of nitrogens with zero attached hydrogens (tertiary/aromatic N) is 4. The molecule has 2 aromatic heterocycles. The molecule has 0 atom stereocenters. The fraction of sp³-hybridized carbons (Fsp3) is 0.0625. The number of anilines is 4. The molecular formula is C16H13FN6O2. The molecule has 0 fully saturated rings. The van der Waals surface area contributed by atoms with Gasteiger partial charge in [-0.2, -0.15) is 0 Å².